The number of aromatic hydroxyl groups is 2. The van der Waals surface area contributed by atoms with Crippen molar-refractivity contribution in [2.24, 2.45) is 16.1 Å². The lowest BCUT2D eigenvalue weighted by atomic mass is 9.87. The summed E-state index contributed by atoms with van der Waals surface area (Å²) in [5, 5.41) is 56.4. The van der Waals surface area contributed by atoms with E-state index in [4.69, 9.17) is 0 Å². The van der Waals surface area contributed by atoms with Gasteiger partial charge in [0.05, 0.1) is 12.4 Å². The van der Waals surface area contributed by atoms with Crippen molar-refractivity contribution in [1.29, 1.82) is 0 Å². The Kier molecular flexibility index (Phi) is 7.39. The molecule has 0 bridgehead atoms. The summed E-state index contributed by atoms with van der Waals surface area (Å²) in [7, 11) is 0. The second-order valence-corrected chi connectivity index (χ2v) is 10.1. The highest BCUT2D eigenvalue weighted by Gasteiger charge is 2.30. The normalized spacial score (nSPS) is 14.9. The molecule has 1 amide bonds. The summed E-state index contributed by atoms with van der Waals surface area (Å²) >= 11 is 0. The second-order valence-electron chi connectivity index (χ2n) is 10.1. The summed E-state index contributed by atoms with van der Waals surface area (Å²) in [5.74, 6) is 1.03. The van der Waals surface area contributed by atoms with Gasteiger partial charge in [0, 0.05) is 22.7 Å². The molecular weight excluding hydrogens is 550 g/mol. The molecule has 2 aromatic carbocycles. The summed E-state index contributed by atoms with van der Waals surface area (Å²) in [6.45, 7) is 3.45. The van der Waals surface area contributed by atoms with Crippen LogP contribution in [0, 0.1) is 19.8 Å². The highest BCUT2D eigenvalue weighted by molar-refractivity contribution is 5.93. The van der Waals surface area contributed by atoms with Gasteiger partial charge >= 0.3 is 0 Å². The Labute approximate surface area is 245 Å². The van der Waals surface area contributed by atoms with Gasteiger partial charge < -0.3 is 15.5 Å². The van der Waals surface area contributed by atoms with Crippen LogP contribution < -0.4 is 5.32 Å². The van der Waals surface area contributed by atoms with Crippen LogP contribution in [-0.4, -0.2) is 69.2 Å². The first-order valence-corrected chi connectivity index (χ1v) is 13.5. The van der Waals surface area contributed by atoms with Crippen molar-refractivity contribution >= 4 is 23.9 Å². The number of hydrogen-bond donors (Lipinski definition) is 3. The number of carbonyl (C=O) groups is 1. The third-order valence-electron chi connectivity index (χ3n) is 6.92. The number of tetrazole rings is 2. The Morgan fingerprint density at radius 1 is 0.907 bits per heavy atom. The molecule has 2 aliphatic carbocycles. The third kappa shape index (κ3) is 6.12. The lowest BCUT2D eigenvalue weighted by Crippen LogP contribution is -2.24. The van der Waals surface area contributed by atoms with Crippen LogP contribution in [0.25, 0.3) is 5.57 Å². The molecule has 0 atom stereocenters. The number of rotatable bonds is 8. The molecule has 0 radical (unpaired) electrons. The molecule has 1 saturated carbocycles. The van der Waals surface area contributed by atoms with Gasteiger partial charge in [-0.25, -0.2) is 0 Å². The van der Waals surface area contributed by atoms with Crippen molar-refractivity contribution in [2.75, 3.05) is 0 Å². The van der Waals surface area contributed by atoms with E-state index in [2.05, 4.69) is 46.6 Å². The number of allylic oxidation sites excluding steroid dienone is 4. The fraction of sp³-hybridized carbons (Fsp3) is 0.207. The number of amides is 1. The zero-order valence-corrected chi connectivity index (χ0v) is 23.3. The van der Waals surface area contributed by atoms with Gasteiger partial charge in [0.15, 0.2) is 11.6 Å². The molecule has 4 aromatic rings. The molecule has 2 aromatic heterocycles. The first kappa shape index (κ1) is 27.4. The Morgan fingerprint density at radius 2 is 1.47 bits per heavy atom. The van der Waals surface area contributed by atoms with Crippen LogP contribution in [0.1, 0.15) is 53.2 Å². The summed E-state index contributed by atoms with van der Waals surface area (Å²) in [6, 6.07) is 10.1. The van der Waals surface area contributed by atoms with Crippen LogP contribution in [0.4, 0.5) is 0 Å². The number of benzene rings is 2. The Morgan fingerprint density at radius 3 is 1.95 bits per heavy atom. The number of phenols is 2. The van der Waals surface area contributed by atoms with Crippen LogP contribution >= 0.6 is 0 Å². The third-order valence-corrected chi connectivity index (χ3v) is 6.92. The summed E-state index contributed by atoms with van der Waals surface area (Å²) in [5.41, 5.74) is 4.19. The Balaban J connectivity index is 1.47. The smallest absolute Gasteiger partial charge is 0.227 e. The van der Waals surface area contributed by atoms with Crippen LogP contribution in [0.3, 0.4) is 0 Å². The molecule has 3 N–H and O–H groups in total. The van der Waals surface area contributed by atoms with Crippen LogP contribution in [0.15, 0.2) is 76.1 Å². The van der Waals surface area contributed by atoms with Gasteiger partial charge in [0.25, 0.3) is 0 Å². The minimum Gasteiger partial charge on any atom is -0.507 e. The number of carbonyl (C=O) groups excluding carboxylic acids is 1. The summed E-state index contributed by atoms with van der Waals surface area (Å²) in [4.78, 5) is 15.1. The van der Waals surface area contributed by atoms with Gasteiger partial charge in [0.2, 0.25) is 5.91 Å². The SMILES string of the molecule is Cc1nnnn1N=Cc1ccc(O)c(C(=C2C=C(NC(=O)C3CC3)C=CC2)c2cc(C=Nn3nnnc3C)ccc2O)c1. The zero-order valence-electron chi connectivity index (χ0n) is 23.3. The lowest BCUT2D eigenvalue weighted by Gasteiger charge is -2.19. The fourth-order valence-electron chi connectivity index (χ4n) is 4.52. The molecule has 0 saturated heterocycles. The van der Waals surface area contributed by atoms with Gasteiger partial charge in [-0.1, -0.05) is 6.08 Å². The number of phenolic OH excluding ortho intramolecular Hbond substituents is 2. The van der Waals surface area contributed by atoms with E-state index in [1.807, 2.05) is 18.2 Å². The summed E-state index contributed by atoms with van der Waals surface area (Å²) < 4.78 is 0. The predicted octanol–water partition coefficient (Wildman–Crippen LogP) is 2.62. The van der Waals surface area contributed by atoms with Crippen molar-refractivity contribution < 1.29 is 15.0 Å². The molecule has 6 rings (SSSR count). The zero-order chi connectivity index (χ0) is 29.9. The monoisotopic (exact) mass is 577 g/mol. The van der Waals surface area contributed by atoms with E-state index in [9.17, 15) is 15.0 Å². The minimum absolute atomic E-state index is 0.00689. The topological polar surface area (TPSA) is 181 Å². The quantitative estimate of drug-likeness (QED) is 0.265. The largest absolute Gasteiger partial charge is 0.507 e. The Bertz CT molecular complexity index is 1760. The van der Waals surface area contributed by atoms with Crippen molar-refractivity contribution in [3.8, 4) is 11.5 Å². The lowest BCUT2D eigenvalue weighted by molar-refractivity contribution is -0.121. The first-order chi connectivity index (χ1) is 20.9. The van der Waals surface area contributed by atoms with Crippen molar-refractivity contribution in [3.05, 3.63) is 99.8 Å². The van der Waals surface area contributed by atoms with Crippen LogP contribution in [-0.2, 0) is 4.79 Å². The molecule has 2 heterocycles. The Hall–Kier alpha value is -5.79. The second kappa shape index (κ2) is 11.6. The molecule has 14 nitrogen and oxygen atoms in total. The van der Waals surface area contributed by atoms with Crippen molar-refractivity contribution in [3.63, 3.8) is 0 Å². The van der Waals surface area contributed by atoms with E-state index in [1.54, 1.807) is 62.7 Å². The maximum atomic E-state index is 12.5. The van der Waals surface area contributed by atoms with Crippen molar-refractivity contribution in [1.82, 2.24) is 45.9 Å². The minimum atomic E-state index is -0.0170. The highest BCUT2D eigenvalue weighted by Crippen LogP contribution is 2.40. The van der Waals surface area contributed by atoms with E-state index < -0.39 is 0 Å². The maximum Gasteiger partial charge on any atom is 0.227 e. The molecule has 0 unspecified atom stereocenters. The number of aryl methyl sites for hydroxylation is 2. The van der Waals surface area contributed by atoms with Crippen LogP contribution in [0.2, 0.25) is 0 Å². The summed E-state index contributed by atoms with van der Waals surface area (Å²) in [6.07, 6.45) is 11.1. The molecule has 1 fully saturated rings. The van der Waals surface area contributed by atoms with Gasteiger partial charge in [0.1, 0.15) is 11.5 Å². The number of hydrogen-bond acceptors (Lipinski definition) is 11. The number of nitrogens with one attached hydrogen (secondary N) is 1. The number of aromatic nitrogens is 8. The molecule has 0 spiro atoms. The van der Waals surface area contributed by atoms with Crippen LogP contribution in [0.5, 0.6) is 11.5 Å². The molecule has 43 heavy (non-hydrogen) atoms. The van der Waals surface area contributed by atoms with E-state index in [1.165, 1.54) is 9.58 Å². The van der Waals surface area contributed by atoms with E-state index in [0.29, 0.717) is 51.6 Å². The standard InChI is InChI=1S/C29H27N11O3/c1-17-33-35-37-39(17)30-15-19-6-10-26(41)24(12-19)28(22-4-3-5-23(14-22)32-29(43)21-8-9-21)25-13-20(7-11-27(25)42)16-31-40-18(2)34-36-38-40/h3,5-7,10-16,21,41-42H,4,8-9H2,1-2H3,(H,32,43). The van der Waals surface area contributed by atoms with Gasteiger partial charge in [-0.15, -0.1) is 19.8 Å². The van der Waals surface area contributed by atoms with E-state index >= 15 is 0 Å². The van der Waals surface area contributed by atoms with Crippen molar-refractivity contribution in [2.45, 2.75) is 33.1 Å². The van der Waals surface area contributed by atoms with Gasteiger partial charge in [-0.05, 0) is 125 Å². The fourth-order valence-corrected chi connectivity index (χ4v) is 4.52. The van der Waals surface area contributed by atoms with Gasteiger partial charge in [-0.2, -0.15) is 10.2 Å². The average molecular weight is 578 g/mol. The predicted molar refractivity (Wildman–Crippen MR) is 156 cm³/mol. The molecule has 0 aliphatic heterocycles. The number of nitrogens with zero attached hydrogens (tertiary/aromatic N) is 10. The maximum absolute atomic E-state index is 12.5. The van der Waals surface area contributed by atoms with E-state index in [0.717, 1.165) is 18.4 Å². The average Bonchev–Trinajstić information content (AvgIpc) is 3.66. The van der Waals surface area contributed by atoms with Gasteiger partial charge in [-0.3, -0.25) is 4.79 Å². The molecule has 2 aliphatic rings. The van der Waals surface area contributed by atoms with E-state index in [-0.39, 0.29) is 23.3 Å². The molecule has 14 heteroatoms. The first-order valence-electron chi connectivity index (χ1n) is 13.5. The molecule has 216 valence electrons. The highest BCUT2D eigenvalue weighted by atomic mass is 16.3. The molecular formula is C29H27N11O3.